The topological polar surface area (TPSA) is 57.5 Å². The van der Waals surface area contributed by atoms with Gasteiger partial charge in [0, 0.05) is 11.3 Å². The van der Waals surface area contributed by atoms with Crippen LogP contribution in [-0.2, 0) is 5.75 Å². The molecule has 0 fully saturated rings. The molecule has 0 amide bonds. The van der Waals surface area contributed by atoms with Gasteiger partial charge in [-0.1, -0.05) is 17.8 Å². The van der Waals surface area contributed by atoms with Crippen LogP contribution < -0.4 is 0 Å². The fourth-order valence-corrected chi connectivity index (χ4v) is 2.97. The van der Waals surface area contributed by atoms with Crippen LogP contribution in [0.25, 0.3) is 11.1 Å². The number of carbonyl (C=O) groups excluding carboxylic acids is 1. The quantitative estimate of drug-likeness (QED) is 0.762. The number of carbonyl (C=O) groups is 1. The third kappa shape index (κ3) is 1.75. The Hall–Kier alpha value is -1.94. The zero-order valence-electron chi connectivity index (χ0n) is 9.38. The lowest BCUT2D eigenvalue weighted by atomic mass is 9.96. The number of aromatic hydroxyl groups is 2. The van der Waals surface area contributed by atoms with Crippen LogP contribution in [0, 0.1) is 0 Å². The van der Waals surface area contributed by atoms with Crippen molar-refractivity contribution in [1.82, 2.24) is 0 Å². The first-order chi connectivity index (χ1) is 8.65. The van der Waals surface area contributed by atoms with E-state index in [9.17, 15) is 15.0 Å². The monoisotopic (exact) mass is 258 g/mol. The summed E-state index contributed by atoms with van der Waals surface area (Å²) in [5, 5.41) is 18.9. The Kier molecular flexibility index (Phi) is 2.52. The predicted molar refractivity (Wildman–Crippen MR) is 70.8 cm³/mol. The molecule has 1 heterocycles. The molecule has 3 nitrogen and oxygen atoms in total. The molecule has 0 saturated heterocycles. The summed E-state index contributed by atoms with van der Waals surface area (Å²) in [6, 6.07) is 9.89. The van der Waals surface area contributed by atoms with Crippen LogP contribution in [0.3, 0.4) is 0 Å². The van der Waals surface area contributed by atoms with E-state index in [1.807, 2.05) is 0 Å². The van der Waals surface area contributed by atoms with E-state index in [1.54, 1.807) is 30.3 Å². The van der Waals surface area contributed by atoms with E-state index in [2.05, 4.69) is 0 Å². The highest BCUT2D eigenvalue weighted by Gasteiger charge is 2.21. The molecular weight excluding hydrogens is 248 g/mol. The van der Waals surface area contributed by atoms with Crippen molar-refractivity contribution in [3.05, 3.63) is 47.5 Å². The molecule has 0 unspecified atom stereocenters. The minimum Gasteiger partial charge on any atom is -0.508 e. The normalized spacial score (nSPS) is 13.7. The zero-order chi connectivity index (χ0) is 12.7. The van der Waals surface area contributed by atoms with Crippen LogP contribution in [0.2, 0.25) is 0 Å². The van der Waals surface area contributed by atoms with E-state index >= 15 is 0 Å². The molecule has 4 heteroatoms. The lowest BCUT2D eigenvalue weighted by molar-refractivity contribution is 0.108. The molecule has 0 saturated carbocycles. The van der Waals surface area contributed by atoms with Gasteiger partial charge < -0.3 is 10.2 Å². The molecule has 90 valence electrons. The number of fused-ring (bicyclic) bond motifs is 3. The van der Waals surface area contributed by atoms with Gasteiger partial charge >= 0.3 is 0 Å². The van der Waals surface area contributed by atoms with Crippen molar-refractivity contribution < 1.29 is 15.0 Å². The van der Waals surface area contributed by atoms with Crippen molar-refractivity contribution in [3.63, 3.8) is 0 Å². The van der Waals surface area contributed by atoms with Crippen LogP contribution in [0.15, 0.2) is 36.4 Å². The summed E-state index contributed by atoms with van der Waals surface area (Å²) < 4.78 is 0. The van der Waals surface area contributed by atoms with Crippen molar-refractivity contribution >= 4 is 16.9 Å². The first-order valence-corrected chi connectivity index (χ1v) is 6.46. The highest BCUT2D eigenvalue weighted by Crippen LogP contribution is 2.38. The van der Waals surface area contributed by atoms with Crippen LogP contribution in [0.1, 0.15) is 15.9 Å². The molecule has 1 aliphatic rings. The molecule has 2 aromatic carbocycles. The molecule has 1 aliphatic heterocycles. The Labute approximate surface area is 108 Å². The lowest BCUT2D eigenvalue weighted by Crippen LogP contribution is -1.93. The summed E-state index contributed by atoms with van der Waals surface area (Å²) in [5.41, 5.74) is 3.18. The van der Waals surface area contributed by atoms with E-state index < -0.39 is 0 Å². The molecular formula is C14H10O3S. The van der Waals surface area contributed by atoms with Crippen LogP contribution in [-0.4, -0.2) is 15.3 Å². The minimum absolute atomic E-state index is 0.0587. The highest BCUT2D eigenvalue weighted by molar-refractivity contribution is 8.13. The fraction of sp³-hybridized carbons (Fsp3) is 0.0714. The smallest absolute Gasteiger partial charge is 0.220 e. The van der Waals surface area contributed by atoms with Gasteiger partial charge in [-0.3, -0.25) is 4.79 Å². The standard InChI is InChI=1S/C14H10O3S/c15-9-1-3-11-8(5-9)7-18-14(17)13-6-10(16)2-4-12(11)13/h1-6,15-16H,7H2. The average Bonchev–Trinajstić information content (AvgIpc) is 2.48. The van der Waals surface area contributed by atoms with E-state index in [0.717, 1.165) is 16.7 Å². The molecule has 0 spiro atoms. The van der Waals surface area contributed by atoms with Crippen molar-refractivity contribution in [2.24, 2.45) is 0 Å². The van der Waals surface area contributed by atoms with Gasteiger partial charge in [0.05, 0.1) is 0 Å². The Balaban J connectivity index is 2.30. The van der Waals surface area contributed by atoms with Gasteiger partial charge in [0.15, 0.2) is 0 Å². The van der Waals surface area contributed by atoms with Gasteiger partial charge in [-0.05, 0) is 47.0 Å². The van der Waals surface area contributed by atoms with E-state index in [-0.39, 0.29) is 16.6 Å². The summed E-state index contributed by atoms with van der Waals surface area (Å²) in [6.45, 7) is 0. The number of rotatable bonds is 0. The van der Waals surface area contributed by atoms with Gasteiger partial charge in [-0.2, -0.15) is 0 Å². The largest absolute Gasteiger partial charge is 0.508 e. The Bertz CT molecular complexity index is 649. The van der Waals surface area contributed by atoms with E-state index in [1.165, 1.54) is 17.8 Å². The maximum atomic E-state index is 12.0. The van der Waals surface area contributed by atoms with Crippen LogP contribution in [0.5, 0.6) is 11.5 Å². The summed E-state index contributed by atoms with van der Waals surface area (Å²) in [7, 11) is 0. The molecule has 0 aliphatic carbocycles. The Morgan fingerprint density at radius 1 is 0.889 bits per heavy atom. The van der Waals surface area contributed by atoms with Crippen LogP contribution >= 0.6 is 11.8 Å². The molecule has 2 N–H and O–H groups in total. The maximum absolute atomic E-state index is 12.0. The highest BCUT2D eigenvalue weighted by atomic mass is 32.2. The summed E-state index contributed by atoms with van der Waals surface area (Å²) in [6.07, 6.45) is 0. The fourth-order valence-electron chi connectivity index (χ4n) is 2.12. The van der Waals surface area contributed by atoms with Gasteiger partial charge in [-0.15, -0.1) is 0 Å². The average molecular weight is 258 g/mol. The second kappa shape index (κ2) is 4.07. The number of hydrogen-bond acceptors (Lipinski definition) is 4. The number of benzene rings is 2. The summed E-state index contributed by atoms with van der Waals surface area (Å²) in [4.78, 5) is 12.0. The number of phenolic OH excluding ortho intramolecular Hbond substituents is 2. The van der Waals surface area contributed by atoms with Crippen molar-refractivity contribution in [2.45, 2.75) is 5.75 Å². The molecule has 0 atom stereocenters. The molecule has 2 aromatic rings. The number of phenols is 2. The Morgan fingerprint density at radius 3 is 2.33 bits per heavy atom. The third-order valence-corrected chi connectivity index (χ3v) is 3.90. The zero-order valence-corrected chi connectivity index (χ0v) is 10.2. The van der Waals surface area contributed by atoms with E-state index in [4.69, 9.17) is 0 Å². The Morgan fingerprint density at radius 2 is 1.56 bits per heavy atom. The van der Waals surface area contributed by atoms with Gasteiger partial charge in [0.25, 0.3) is 0 Å². The van der Waals surface area contributed by atoms with Crippen molar-refractivity contribution in [3.8, 4) is 22.6 Å². The number of hydrogen-bond donors (Lipinski definition) is 2. The molecule has 18 heavy (non-hydrogen) atoms. The van der Waals surface area contributed by atoms with Crippen molar-refractivity contribution in [1.29, 1.82) is 0 Å². The van der Waals surface area contributed by atoms with Gasteiger partial charge in [0.2, 0.25) is 5.12 Å². The SMILES string of the molecule is O=C1SCc2cc(O)ccc2-c2ccc(O)cc21. The second-order valence-electron chi connectivity index (χ2n) is 4.15. The first-order valence-electron chi connectivity index (χ1n) is 5.47. The third-order valence-electron chi connectivity index (χ3n) is 2.96. The minimum atomic E-state index is -0.0587. The predicted octanol–water partition coefficient (Wildman–Crippen LogP) is 3.15. The van der Waals surface area contributed by atoms with Gasteiger partial charge in [-0.25, -0.2) is 0 Å². The van der Waals surface area contributed by atoms with Gasteiger partial charge in [0.1, 0.15) is 11.5 Å². The van der Waals surface area contributed by atoms with E-state index in [0.29, 0.717) is 11.3 Å². The molecule has 0 aromatic heterocycles. The molecule has 0 radical (unpaired) electrons. The summed E-state index contributed by atoms with van der Waals surface area (Å²) in [5.74, 6) is 0.812. The first kappa shape index (κ1) is 11.2. The number of thioether (sulfide) groups is 1. The van der Waals surface area contributed by atoms with Crippen molar-refractivity contribution in [2.75, 3.05) is 0 Å². The molecule has 0 bridgehead atoms. The second-order valence-corrected chi connectivity index (χ2v) is 5.10. The van der Waals surface area contributed by atoms with Crippen LogP contribution in [0.4, 0.5) is 0 Å². The summed E-state index contributed by atoms with van der Waals surface area (Å²) >= 11 is 1.18. The molecule has 3 rings (SSSR count). The lowest BCUT2D eigenvalue weighted by Gasteiger charge is -2.08. The maximum Gasteiger partial charge on any atom is 0.220 e.